The molecule has 1 aliphatic carbocycles. The van der Waals surface area contributed by atoms with Gasteiger partial charge in [-0.2, -0.15) is 5.26 Å². The second-order valence-corrected chi connectivity index (χ2v) is 8.15. The average Bonchev–Trinajstić information content (AvgIpc) is 3.09. The van der Waals surface area contributed by atoms with Crippen molar-refractivity contribution < 1.29 is 9.52 Å². The SMILES string of the molecule is N#Cc1cc2c(Br)c(NC3CCC(N4CCC[C@@H](O)C4)CC3)ncc2o1. The maximum atomic E-state index is 9.90. The van der Waals surface area contributed by atoms with Crippen molar-refractivity contribution in [1.29, 1.82) is 5.26 Å². The normalized spacial score (nSPS) is 27.3. The van der Waals surface area contributed by atoms with Gasteiger partial charge in [0.25, 0.3) is 0 Å². The Labute approximate surface area is 161 Å². The highest BCUT2D eigenvalue weighted by Gasteiger charge is 2.29. The Kier molecular flexibility index (Phi) is 5.16. The topological polar surface area (TPSA) is 85.3 Å². The third kappa shape index (κ3) is 3.59. The van der Waals surface area contributed by atoms with Gasteiger partial charge in [0.05, 0.1) is 16.8 Å². The van der Waals surface area contributed by atoms with E-state index in [9.17, 15) is 5.11 Å². The van der Waals surface area contributed by atoms with Crippen molar-refractivity contribution in [1.82, 2.24) is 9.88 Å². The molecule has 0 spiro atoms. The zero-order valence-corrected chi connectivity index (χ0v) is 16.2. The van der Waals surface area contributed by atoms with Crippen LogP contribution in [0.5, 0.6) is 0 Å². The van der Waals surface area contributed by atoms with E-state index in [0.717, 1.165) is 67.3 Å². The first kappa shape index (κ1) is 17.8. The molecule has 2 aliphatic rings. The summed E-state index contributed by atoms with van der Waals surface area (Å²) in [6.07, 6.45) is 8.05. The van der Waals surface area contributed by atoms with E-state index in [1.807, 2.05) is 6.07 Å². The molecule has 1 atom stereocenters. The fraction of sp³-hybridized carbons (Fsp3) is 0.579. The quantitative estimate of drug-likeness (QED) is 0.790. The molecule has 0 radical (unpaired) electrons. The van der Waals surface area contributed by atoms with Gasteiger partial charge in [-0.3, -0.25) is 4.90 Å². The molecule has 2 fully saturated rings. The number of anilines is 1. The Morgan fingerprint density at radius 3 is 2.85 bits per heavy atom. The summed E-state index contributed by atoms with van der Waals surface area (Å²) < 4.78 is 6.27. The molecule has 0 unspecified atom stereocenters. The van der Waals surface area contributed by atoms with Crippen molar-refractivity contribution >= 4 is 32.7 Å². The maximum absolute atomic E-state index is 9.90. The van der Waals surface area contributed by atoms with Crippen LogP contribution in [0.15, 0.2) is 21.2 Å². The second-order valence-electron chi connectivity index (χ2n) is 7.36. The Bertz CT molecular complexity index is 823. The molecule has 0 bridgehead atoms. The lowest BCUT2D eigenvalue weighted by atomic mass is 9.89. The zero-order valence-electron chi connectivity index (χ0n) is 14.6. The number of pyridine rings is 1. The van der Waals surface area contributed by atoms with Crippen molar-refractivity contribution in [2.24, 2.45) is 0 Å². The largest absolute Gasteiger partial charge is 0.444 e. The van der Waals surface area contributed by atoms with Gasteiger partial charge in [-0.05, 0) is 61.0 Å². The number of nitrogens with one attached hydrogen (secondary N) is 1. The van der Waals surface area contributed by atoms with E-state index in [4.69, 9.17) is 9.68 Å². The number of furan rings is 1. The summed E-state index contributed by atoms with van der Waals surface area (Å²) in [6, 6.07) is 4.75. The molecule has 2 aromatic heterocycles. The minimum atomic E-state index is -0.153. The molecule has 1 saturated heterocycles. The van der Waals surface area contributed by atoms with E-state index in [-0.39, 0.29) is 6.10 Å². The summed E-state index contributed by atoms with van der Waals surface area (Å²) >= 11 is 3.60. The molecule has 4 rings (SSSR count). The fourth-order valence-electron chi connectivity index (χ4n) is 4.23. The standard InChI is InChI=1S/C19H23BrN4O2/c20-18-16-8-15(9-21)26-17(16)10-22-19(18)23-12-3-5-13(6-4-12)24-7-1-2-14(25)11-24/h8,10,12-14,25H,1-7,11H2,(H,22,23)/t12?,13?,14-/m1/s1. The highest BCUT2D eigenvalue weighted by molar-refractivity contribution is 9.10. The van der Waals surface area contributed by atoms with Crippen LogP contribution in [0.4, 0.5) is 5.82 Å². The van der Waals surface area contributed by atoms with Crippen LogP contribution in [0.1, 0.15) is 44.3 Å². The first-order valence-corrected chi connectivity index (χ1v) is 10.1. The third-order valence-electron chi connectivity index (χ3n) is 5.61. The van der Waals surface area contributed by atoms with E-state index >= 15 is 0 Å². The lowest BCUT2D eigenvalue weighted by Gasteiger charge is -2.40. The van der Waals surface area contributed by atoms with Crippen LogP contribution in [0.2, 0.25) is 0 Å². The minimum absolute atomic E-state index is 0.153. The van der Waals surface area contributed by atoms with Gasteiger partial charge in [0.1, 0.15) is 11.9 Å². The molecule has 138 valence electrons. The number of piperidine rings is 1. The number of fused-ring (bicyclic) bond motifs is 1. The van der Waals surface area contributed by atoms with Gasteiger partial charge in [0, 0.05) is 30.1 Å². The second kappa shape index (κ2) is 7.55. The van der Waals surface area contributed by atoms with E-state index in [0.29, 0.717) is 23.4 Å². The van der Waals surface area contributed by atoms with Crippen LogP contribution < -0.4 is 5.32 Å². The van der Waals surface area contributed by atoms with Crippen molar-refractivity contribution in [2.75, 3.05) is 18.4 Å². The summed E-state index contributed by atoms with van der Waals surface area (Å²) in [7, 11) is 0. The molecule has 0 aromatic carbocycles. The lowest BCUT2D eigenvalue weighted by Crippen LogP contribution is -2.47. The summed E-state index contributed by atoms with van der Waals surface area (Å²) in [5, 5.41) is 23.3. The highest BCUT2D eigenvalue weighted by Crippen LogP contribution is 2.34. The summed E-state index contributed by atoms with van der Waals surface area (Å²) in [5.41, 5.74) is 0.617. The molecule has 3 heterocycles. The number of aliphatic hydroxyl groups excluding tert-OH is 1. The highest BCUT2D eigenvalue weighted by atomic mass is 79.9. The van der Waals surface area contributed by atoms with Gasteiger partial charge in [0.2, 0.25) is 5.76 Å². The molecule has 6 nitrogen and oxygen atoms in total. The molecule has 2 aromatic rings. The van der Waals surface area contributed by atoms with E-state index in [2.05, 4.69) is 31.1 Å². The van der Waals surface area contributed by atoms with Gasteiger partial charge < -0.3 is 14.8 Å². The Balaban J connectivity index is 1.39. The number of hydrogen-bond donors (Lipinski definition) is 2. The summed E-state index contributed by atoms with van der Waals surface area (Å²) in [4.78, 5) is 6.93. The Hall–Kier alpha value is -1.62. The van der Waals surface area contributed by atoms with Gasteiger partial charge in [-0.1, -0.05) is 0 Å². The van der Waals surface area contributed by atoms with Gasteiger partial charge in [-0.15, -0.1) is 0 Å². The number of nitrogens with zero attached hydrogens (tertiary/aromatic N) is 3. The van der Waals surface area contributed by atoms with Crippen LogP contribution in [0, 0.1) is 11.3 Å². The van der Waals surface area contributed by atoms with Gasteiger partial charge in [0.15, 0.2) is 5.58 Å². The molecule has 2 N–H and O–H groups in total. The number of β-amino-alcohol motifs (C(OH)–C–C–N with tert-alkyl or cyclic N) is 1. The lowest BCUT2D eigenvalue weighted by molar-refractivity contribution is 0.0352. The summed E-state index contributed by atoms with van der Waals surface area (Å²) in [5.74, 6) is 1.10. The van der Waals surface area contributed by atoms with Gasteiger partial charge >= 0.3 is 0 Å². The van der Waals surface area contributed by atoms with E-state index in [1.165, 1.54) is 0 Å². The van der Waals surface area contributed by atoms with E-state index < -0.39 is 0 Å². The molecule has 0 amide bonds. The van der Waals surface area contributed by atoms with Crippen LogP contribution in [0.25, 0.3) is 11.0 Å². The average molecular weight is 419 g/mol. The predicted octanol–water partition coefficient (Wildman–Crippen LogP) is 3.64. The number of halogens is 1. The third-order valence-corrected chi connectivity index (χ3v) is 6.41. The zero-order chi connectivity index (χ0) is 18.1. The molecule has 1 aliphatic heterocycles. The Morgan fingerprint density at radius 2 is 2.12 bits per heavy atom. The first-order valence-electron chi connectivity index (χ1n) is 9.31. The molecule has 7 heteroatoms. The maximum Gasteiger partial charge on any atom is 0.204 e. The molecular formula is C19H23BrN4O2. The van der Waals surface area contributed by atoms with Gasteiger partial charge in [-0.25, -0.2) is 4.98 Å². The number of aliphatic hydroxyl groups is 1. The number of likely N-dealkylation sites (tertiary alicyclic amines) is 1. The number of nitriles is 1. The molecular weight excluding hydrogens is 396 g/mol. The minimum Gasteiger partial charge on any atom is -0.444 e. The van der Waals surface area contributed by atoms with Crippen molar-refractivity contribution in [3.05, 3.63) is 22.5 Å². The summed E-state index contributed by atoms with van der Waals surface area (Å²) in [6.45, 7) is 1.94. The van der Waals surface area contributed by atoms with Crippen molar-refractivity contribution in [2.45, 2.75) is 56.7 Å². The smallest absolute Gasteiger partial charge is 0.204 e. The first-order chi connectivity index (χ1) is 12.6. The predicted molar refractivity (Wildman–Crippen MR) is 103 cm³/mol. The number of hydrogen-bond acceptors (Lipinski definition) is 6. The fourth-order valence-corrected chi connectivity index (χ4v) is 4.76. The van der Waals surface area contributed by atoms with Crippen molar-refractivity contribution in [3.8, 4) is 6.07 Å². The van der Waals surface area contributed by atoms with E-state index in [1.54, 1.807) is 12.3 Å². The molecule has 26 heavy (non-hydrogen) atoms. The van der Waals surface area contributed by atoms with Crippen LogP contribution in [-0.2, 0) is 0 Å². The molecule has 1 saturated carbocycles. The van der Waals surface area contributed by atoms with Crippen LogP contribution in [-0.4, -0.2) is 46.3 Å². The number of rotatable bonds is 3. The number of aromatic nitrogens is 1. The van der Waals surface area contributed by atoms with Crippen LogP contribution >= 0.6 is 15.9 Å². The Morgan fingerprint density at radius 1 is 1.31 bits per heavy atom. The monoisotopic (exact) mass is 418 g/mol. The van der Waals surface area contributed by atoms with Crippen LogP contribution in [0.3, 0.4) is 0 Å². The van der Waals surface area contributed by atoms with Crippen molar-refractivity contribution in [3.63, 3.8) is 0 Å².